The van der Waals surface area contributed by atoms with Crippen molar-refractivity contribution in [3.05, 3.63) is 47.2 Å². The number of aromatic nitrogens is 5. The van der Waals surface area contributed by atoms with Gasteiger partial charge in [-0.25, -0.2) is 24.9 Å². The first-order valence-electron chi connectivity index (χ1n) is 9.45. The molecule has 0 bridgehead atoms. The van der Waals surface area contributed by atoms with Crippen LogP contribution in [0, 0.1) is 0 Å². The van der Waals surface area contributed by atoms with E-state index in [0.717, 1.165) is 68.7 Å². The van der Waals surface area contributed by atoms with Crippen LogP contribution in [-0.2, 0) is 24.2 Å². The Balaban J connectivity index is 1.26. The summed E-state index contributed by atoms with van der Waals surface area (Å²) in [5.74, 6) is 0.699. The molecule has 5 heterocycles. The zero-order valence-electron chi connectivity index (χ0n) is 15.5. The quantitative estimate of drug-likeness (QED) is 0.661. The van der Waals surface area contributed by atoms with Gasteiger partial charge in [-0.3, -0.25) is 4.90 Å². The summed E-state index contributed by atoms with van der Waals surface area (Å²) in [7, 11) is 0. The highest BCUT2D eigenvalue weighted by Crippen LogP contribution is 2.26. The van der Waals surface area contributed by atoms with Crippen LogP contribution in [0.3, 0.4) is 0 Å². The summed E-state index contributed by atoms with van der Waals surface area (Å²) in [6, 6.07) is 0. The van der Waals surface area contributed by atoms with Crippen LogP contribution >= 0.6 is 11.3 Å². The molecule has 0 atom stereocenters. The molecule has 9 heteroatoms. The molecule has 0 radical (unpaired) electrons. The fourth-order valence-electron chi connectivity index (χ4n) is 3.55. The molecule has 0 amide bonds. The van der Waals surface area contributed by atoms with Crippen molar-refractivity contribution in [2.75, 3.05) is 37.7 Å². The monoisotopic (exact) mass is 395 g/mol. The fourth-order valence-corrected chi connectivity index (χ4v) is 4.56. The van der Waals surface area contributed by atoms with E-state index in [1.165, 1.54) is 16.8 Å². The number of hydrogen-bond donors (Lipinski definition) is 0. The molecule has 5 rings (SSSR count). The minimum absolute atomic E-state index is 0.699. The predicted octanol–water partition coefficient (Wildman–Crippen LogP) is 1.78. The van der Waals surface area contributed by atoms with Gasteiger partial charge in [-0.2, -0.15) is 0 Å². The van der Waals surface area contributed by atoms with E-state index < -0.39 is 0 Å². The SMILES string of the molecule is c1ncc(-c2ncc3c(n2)CCN(Cc2cnc(N4CCOCC4)s2)C3)cn1. The third-order valence-electron chi connectivity index (χ3n) is 5.03. The molecule has 3 aromatic rings. The lowest BCUT2D eigenvalue weighted by atomic mass is 10.1. The number of nitrogens with zero attached hydrogens (tertiary/aromatic N) is 7. The third-order valence-corrected chi connectivity index (χ3v) is 6.08. The highest BCUT2D eigenvalue weighted by atomic mass is 32.1. The highest BCUT2D eigenvalue weighted by molar-refractivity contribution is 7.15. The van der Waals surface area contributed by atoms with Gasteiger partial charge in [0.2, 0.25) is 0 Å². The summed E-state index contributed by atoms with van der Waals surface area (Å²) in [4.78, 5) is 28.0. The lowest BCUT2D eigenvalue weighted by molar-refractivity contribution is 0.122. The summed E-state index contributed by atoms with van der Waals surface area (Å²) in [6.45, 7) is 6.19. The summed E-state index contributed by atoms with van der Waals surface area (Å²) in [6.07, 6.45) is 9.90. The van der Waals surface area contributed by atoms with Crippen molar-refractivity contribution < 1.29 is 4.74 Å². The molecule has 0 N–H and O–H groups in total. The van der Waals surface area contributed by atoms with Gasteiger partial charge in [0, 0.05) is 74.4 Å². The largest absolute Gasteiger partial charge is 0.378 e. The van der Waals surface area contributed by atoms with Gasteiger partial charge in [-0.05, 0) is 0 Å². The van der Waals surface area contributed by atoms with Crippen molar-refractivity contribution in [1.82, 2.24) is 29.8 Å². The van der Waals surface area contributed by atoms with Crippen molar-refractivity contribution in [1.29, 1.82) is 0 Å². The van der Waals surface area contributed by atoms with Crippen LogP contribution in [0.1, 0.15) is 16.1 Å². The minimum Gasteiger partial charge on any atom is -0.378 e. The first kappa shape index (κ1) is 17.6. The van der Waals surface area contributed by atoms with E-state index >= 15 is 0 Å². The van der Waals surface area contributed by atoms with Crippen LogP contribution in [0.4, 0.5) is 5.13 Å². The molecule has 0 aliphatic carbocycles. The van der Waals surface area contributed by atoms with Crippen LogP contribution in [0.15, 0.2) is 31.1 Å². The summed E-state index contributed by atoms with van der Waals surface area (Å²) in [5.41, 5.74) is 3.18. The van der Waals surface area contributed by atoms with Gasteiger partial charge >= 0.3 is 0 Å². The Morgan fingerprint density at radius 3 is 2.71 bits per heavy atom. The molecule has 2 aliphatic rings. The van der Waals surface area contributed by atoms with Gasteiger partial charge in [-0.1, -0.05) is 0 Å². The van der Waals surface area contributed by atoms with Crippen molar-refractivity contribution in [3.8, 4) is 11.4 Å². The second-order valence-corrected chi connectivity index (χ2v) is 8.06. The molecule has 1 saturated heterocycles. The number of hydrogen-bond acceptors (Lipinski definition) is 9. The molecule has 2 aliphatic heterocycles. The van der Waals surface area contributed by atoms with Gasteiger partial charge in [0.25, 0.3) is 0 Å². The van der Waals surface area contributed by atoms with E-state index in [0.29, 0.717) is 5.82 Å². The zero-order valence-corrected chi connectivity index (χ0v) is 16.3. The van der Waals surface area contributed by atoms with Gasteiger partial charge in [-0.15, -0.1) is 11.3 Å². The maximum atomic E-state index is 5.43. The van der Waals surface area contributed by atoms with Crippen molar-refractivity contribution in [2.24, 2.45) is 0 Å². The van der Waals surface area contributed by atoms with Gasteiger partial charge in [0.05, 0.1) is 24.5 Å². The molecule has 28 heavy (non-hydrogen) atoms. The molecule has 144 valence electrons. The van der Waals surface area contributed by atoms with Crippen LogP contribution in [-0.4, -0.2) is 62.7 Å². The van der Waals surface area contributed by atoms with E-state index in [1.807, 2.05) is 12.4 Å². The third kappa shape index (κ3) is 3.73. The summed E-state index contributed by atoms with van der Waals surface area (Å²) >= 11 is 1.79. The van der Waals surface area contributed by atoms with E-state index in [1.54, 1.807) is 23.7 Å². The molecule has 3 aromatic heterocycles. The van der Waals surface area contributed by atoms with Crippen molar-refractivity contribution in [2.45, 2.75) is 19.5 Å². The second-order valence-electron chi connectivity index (χ2n) is 6.96. The second kappa shape index (κ2) is 7.86. The zero-order chi connectivity index (χ0) is 18.8. The molecule has 0 unspecified atom stereocenters. The minimum atomic E-state index is 0.699. The number of anilines is 1. The number of morpholine rings is 1. The maximum absolute atomic E-state index is 5.43. The van der Waals surface area contributed by atoms with Crippen LogP contribution < -0.4 is 4.90 Å². The standard InChI is InChI=1S/C19H21N7OS/c1-2-25(12-16-10-23-19(28-16)26-3-5-27-6-4-26)11-15-9-22-18(24-17(1)15)14-7-20-13-21-8-14/h7-10,13H,1-6,11-12H2. The van der Waals surface area contributed by atoms with Gasteiger partial charge < -0.3 is 9.64 Å². The first-order chi connectivity index (χ1) is 13.8. The summed E-state index contributed by atoms with van der Waals surface area (Å²) < 4.78 is 5.43. The van der Waals surface area contributed by atoms with E-state index in [-0.39, 0.29) is 0 Å². The Morgan fingerprint density at radius 2 is 1.86 bits per heavy atom. The maximum Gasteiger partial charge on any atom is 0.185 e. The average molecular weight is 395 g/mol. The smallest absolute Gasteiger partial charge is 0.185 e. The highest BCUT2D eigenvalue weighted by Gasteiger charge is 2.21. The van der Waals surface area contributed by atoms with Gasteiger partial charge in [0.15, 0.2) is 11.0 Å². The number of ether oxygens (including phenoxy) is 1. The Kier molecular flexibility index (Phi) is 4.94. The molecular weight excluding hydrogens is 374 g/mol. The number of fused-ring (bicyclic) bond motifs is 1. The van der Waals surface area contributed by atoms with E-state index in [9.17, 15) is 0 Å². The number of thiazole rings is 1. The molecule has 0 spiro atoms. The first-order valence-corrected chi connectivity index (χ1v) is 10.3. The van der Waals surface area contributed by atoms with Crippen LogP contribution in [0.25, 0.3) is 11.4 Å². The average Bonchev–Trinajstić information content (AvgIpc) is 3.23. The molecule has 8 nitrogen and oxygen atoms in total. The van der Waals surface area contributed by atoms with Crippen LogP contribution in [0.2, 0.25) is 0 Å². The Morgan fingerprint density at radius 1 is 1.00 bits per heavy atom. The lowest BCUT2D eigenvalue weighted by Gasteiger charge is -2.27. The topological polar surface area (TPSA) is 80.2 Å². The fraction of sp³-hybridized carbons (Fsp3) is 0.421. The lowest BCUT2D eigenvalue weighted by Crippen LogP contribution is -2.36. The molecule has 0 saturated carbocycles. The summed E-state index contributed by atoms with van der Waals surface area (Å²) in [5, 5.41) is 1.11. The van der Waals surface area contributed by atoms with Gasteiger partial charge in [0.1, 0.15) is 6.33 Å². The Labute approximate surface area is 167 Å². The molecular formula is C19H21N7OS. The Hall–Kier alpha value is -2.49. The van der Waals surface area contributed by atoms with E-state index in [4.69, 9.17) is 9.72 Å². The normalized spacial score (nSPS) is 17.5. The Bertz CT molecular complexity index is 942. The number of rotatable bonds is 4. The van der Waals surface area contributed by atoms with Crippen molar-refractivity contribution in [3.63, 3.8) is 0 Å². The van der Waals surface area contributed by atoms with Crippen molar-refractivity contribution >= 4 is 16.5 Å². The van der Waals surface area contributed by atoms with Crippen LogP contribution in [0.5, 0.6) is 0 Å². The molecule has 1 fully saturated rings. The predicted molar refractivity (Wildman–Crippen MR) is 106 cm³/mol. The molecule has 0 aromatic carbocycles. The van der Waals surface area contributed by atoms with E-state index in [2.05, 4.69) is 29.7 Å².